The first-order valence-corrected chi connectivity index (χ1v) is 9.86. The Morgan fingerprint density at radius 1 is 1.31 bits per heavy atom. The van der Waals surface area contributed by atoms with Crippen molar-refractivity contribution < 1.29 is 4.52 Å². The highest BCUT2D eigenvalue weighted by Gasteiger charge is 2.53. The second-order valence-electron chi connectivity index (χ2n) is 8.00. The van der Waals surface area contributed by atoms with Crippen LogP contribution in [0.1, 0.15) is 44.1 Å². The van der Waals surface area contributed by atoms with Gasteiger partial charge < -0.3 is 14.7 Å². The van der Waals surface area contributed by atoms with Gasteiger partial charge >= 0.3 is 0 Å². The number of rotatable bonds is 6. The molecule has 7 heteroatoms. The molecule has 0 aromatic carbocycles. The maximum atomic E-state index is 5.18. The summed E-state index contributed by atoms with van der Waals surface area (Å²) in [4.78, 5) is 9.91. The third-order valence-electron chi connectivity index (χ3n) is 5.95. The van der Waals surface area contributed by atoms with Crippen molar-refractivity contribution in [2.24, 2.45) is 16.3 Å². The normalized spacial score (nSPS) is 22.8. The summed E-state index contributed by atoms with van der Waals surface area (Å²) in [5.41, 5.74) is 1.61. The predicted octanol–water partition coefficient (Wildman–Crippen LogP) is 2.87. The van der Waals surface area contributed by atoms with E-state index in [1.165, 1.54) is 25.7 Å². The summed E-state index contributed by atoms with van der Waals surface area (Å²) < 4.78 is 5.18. The second-order valence-corrected chi connectivity index (χ2v) is 8.00. The highest BCUT2D eigenvalue weighted by atomic mass is 127. The number of guanidine groups is 1. The molecular formula is C19H32IN5O. The molecule has 0 radical (unpaired) electrons. The number of nitrogens with zero attached hydrogens (tertiary/aromatic N) is 4. The Morgan fingerprint density at radius 2 is 2.04 bits per heavy atom. The van der Waals surface area contributed by atoms with E-state index < -0.39 is 0 Å². The van der Waals surface area contributed by atoms with E-state index in [1.807, 2.05) is 13.0 Å². The molecule has 2 heterocycles. The van der Waals surface area contributed by atoms with Crippen molar-refractivity contribution in [3.05, 3.63) is 17.5 Å². The highest BCUT2D eigenvalue weighted by Crippen LogP contribution is 2.61. The average Bonchev–Trinajstić information content (AvgIpc) is 3.52. The van der Waals surface area contributed by atoms with E-state index in [0.29, 0.717) is 5.41 Å². The molecule has 0 amide bonds. The Kier molecular flexibility index (Phi) is 6.48. The third kappa shape index (κ3) is 4.71. The van der Waals surface area contributed by atoms with Crippen molar-refractivity contribution in [1.82, 2.24) is 20.3 Å². The Labute approximate surface area is 173 Å². The first kappa shape index (κ1) is 19.9. The molecular weight excluding hydrogens is 441 g/mol. The molecule has 0 atom stereocenters. The molecule has 0 spiro atoms. The molecule has 3 fully saturated rings. The van der Waals surface area contributed by atoms with Gasteiger partial charge in [-0.25, -0.2) is 0 Å². The number of halogens is 1. The molecule has 1 aromatic rings. The predicted molar refractivity (Wildman–Crippen MR) is 114 cm³/mol. The van der Waals surface area contributed by atoms with Crippen molar-refractivity contribution in [3.63, 3.8) is 0 Å². The van der Waals surface area contributed by atoms with Crippen molar-refractivity contribution in [2.75, 3.05) is 39.3 Å². The number of nitrogens with one attached hydrogen (secondary N) is 1. The fraction of sp³-hybridized carbons (Fsp3) is 0.789. The first-order valence-electron chi connectivity index (χ1n) is 9.86. The summed E-state index contributed by atoms with van der Waals surface area (Å²) >= 11 is 0. The lowest BCUT2D eigenvalue weighted by Crippen LogP contribution is -2.52. The van der Waals surface area contributed by atoms with Gasteiger partial charge in [0.05, 0.1) is 5.69 Å². The monoisotopic (exact) mass is 473 g/mol. The summed E-state index contributed by atoms with van der Waals surface area (Å²) in [6.07, 6.45) is 5.66. The summed E-state index contributed by atoms with van der Waals surface area (Å²) in [5, 5.41) is 7.62. The van der Waals surface area contributed by atoms with Gasteiger partial charge in [-0.2, -0.15) is 0 Å². The molecule has 0 unspecified atom stereocenters. The van der Waals surface area contributed by atoms with Gasteiger partial charge in [-0.15, -0.1) is 24.0 Å². The maximum Gasteiger partial charge on any atom is 0.194 e. The van der Waals surface area contributed by atoms with Crippen LogP contribution in [0.25, 0.3) is 0 Å². The molecule has 26 heavy (non-hydrogen) atoms. The van der Waals surface area contributed by atoms with Crippen molar-refractivity contribution in [3.8, 4) is 0 Å². The molecule has 1 aliphatic heterocycles. The minimum Gasteiger partial charge on any atom is -0.361 e. The van der Waals surface area contributed by atoms with E-state index in [-0.39, 0.29) is 24.0 Å². The zero-order valence-corrected chi connectivity index (χ0v) is 18.4. The SMILES string of the molecule is CCNC(=NCC1(C2CC2)CC1)N1CCN(Cc2cc(C)on2)CC1.I. The van der Waals surface area contributed by atoms with Crippen LogP contribution in [0.15, 0.2) is 15.6 Å². The number of aliphatic imine (C=N–C) groups is 1. The lowest BCUT2D eigenvalue weighted by molar-refractivity contribution is 0.168. The van der Waals surface area contributed by atoms with Crippen LogP contribution in [0.4, 0.5) is 0 Å². The van der Waals surface area contributed by atoms with Crippen LogP contribution in [0.2, 0.25) is 0 Å². The van der Waals surface area contributed by atoms with Crippen molar-refractivity contribution in [2.45, 2.75) is 46.1 Å². The van der Waals surface area contributed by atoms with Gasteiger partial charge in [-0.05, 0) is 50.9 Å². The Bertz CT molecular complexity index is 615. The molecule has 6 nitrogen and oxygen atoms in total. The van der Waals surface area contributed by atoms with Crippen LogP contribution in [-0.2, 0) is 6.54 Å². The quantitative estimate of drug-likeness (QED) is 0.391. The van der Waals surface area contributed by atoms with Crippen LogP contribution in [0, 0.1) is 18.3 Å². The first-order chi connectivity index (χ1) is 12.2. The summed E-state index contributed by atoms with van der Waals surface area (Å²) in [6, 6.07) is 2.03. The molecule has 1 N–H and O–H groups in total. The molecule has 4 rings (SSSR count). The van der Waals surface area contributed by atoms with Gasteiger partial charge in [0, 0.05) is 51.9 Å². The van der Waals surface area contributed by atoms with Crippen LogP contribution in [-0.4, -0.2) is 60.2 Å². The van der Waals surface area contributed by atoms with E-state index >= 15 is 0 Å². The van der Waals surface area contributed by atoms with Gasteiger partial charge in [0.2, 0.25) is 0 Å². The Hall–Kier alpha value is -0.830. The highest BCUT2D eigenvalue weighted by molar-refractivity contribution is 14.0. The van der Waals surface area contributed by atoms with Crippen LogP contribution < -0.4 is 5.32 Å². The van der Waals surface area contributed by atoms with Gasteiger partial charge in [0.25, 0.3) is 0 Å². The molecule has 146 valence electrons. The van der Waals surface area contributed by atoms with E-state index in [0.717, 1.165) is 69.1 Å². The molecule has 2 saturated carbocycles. The van der Waals surface area contributed by atoms with Gasteiger partial charge in [0.1, 0.15) is 5.76 Å². The topological polar surface area (TPSA) is 56.9 Å². The van der Waals surface area contributed by atoms with Crippen molar-refractivity contribution in [1.29, 1.82) is 0 Å². The fourth-order valence-corrected chi connectivity index (χ4v) is 4.05. The van der Waals surface area contributed by atoms with Crippen molar-refractivity contribution >= 4 is 29.9 Å². The number of piperazine rings is 1. The summed E-state index contributed by atoms with van der Waals surface area (Å²) in [7, 11) is 0. The molecule has 1 aromatic heterocycles. The van der Waals surface area contributed by atoms with Crippen LogP contribution in [0.5, 0.6) is 0 Å². The summed E-state index contributed by atoms with van der Waals surface area (Å²) in [6.45, 7) is 11.1. The van der Waals surface area contributed by atoms with E-state index in [2.05, 4.69) is 27.2 Å². The van der Waals surface area contributed by atoms with E-state index in [4.69, 9.17) is 9.52 Å². The largest absolute Gasteiger partial charge is 0.361 e. The Morgan fingerprint density at radius 3 is 2.58 bits per heavy atom. The molecule has 0 bridgehead atoms. The number of hydrogen-bond acceptors (Lipinski definition) is 4. The molecule has 2 aliphatic carbocycles. The van der Waals surface area contributed by atoms with E-state index in [1.54, 1.807) is 0 Å². The van der Waals surface area contributed by atoms with Gasteiger partial charge in [0.15, 0.2) is 5.96 Å². The number of aryl methyl sites for hydroxylation is 1. The third-order valence-corrected chi connectivity index (χ3v) is 5.95. The standard InChI is InChI=1S/C19H31N5O.HI/c1-3-20-18(21-14-19(6-7-19)16-4-5-16)24-10-8-23(9-11-24)13-17-12-15(2)25-22-17;/h12,16H,3-11,13-14H2,1-2H3,(H,20,21);1H. The van der Waals surface area contributed by atoms with Gasteiger partial charge in [-0.3, -0.25) is 9.89 Å². The lowest BCUT2D eigenvalue weighted by Gasteiger charge is -2.36. The van der Waals surface area contributed by atoms with Crippen LogP contribution in [0.3, 0.4) is 0 Å². The summed E-state index contributed by atoms with van der Waals surface area (Å²) in [5.74, 6) is 2.98. The smallest absolute Gasteiger partial charge is 0.194 e. The van der Waals surface area contributed by atoms with Gasteiger partial charge in [-0.1, -0.05) is 5.16 Å². The number of aromatic nitrogens is 1. The average molecular weight is 473 g/mol. The molecule has 1 saturated heterocycles. The number of hydrogen-bond donors (Lipinski definition) is 1. The van der Waals surface area contributed by atoms with Crippen LogP contribution >= 0.6 is 24.0 Å². The zero-order chi connectivity index (χ0) is 17.3. The minimum atomic E-state index is 0. The maximum absolute atomic E-state index is 5.18. The second kappa shape index (κ2) is 8.46. The lowest BCUT2D eigenvalue weighted by atomic mass is 10.0. The molecule has 3 aliphatic rings. The van der Waals surface area contributed by atoms with E-state index in [9.17, 15) is 0 Å². The minimum absolute atomic E-state index is 0. The fourth-order valence-electron chi connectivity index (χ4n) is 4.05. The zero-order valence-electron chi connectivity index (χ0n) is 16.0. The Balaban J connectivity index is 0.00000196.